The molecule has 76 valence electrons. The van der Waals surface area contributed by atoms with E-state index < -0.39 is 0 Å². The molecule has 0 atom stereocenters. The van der Waals surface area contributed by atoms with E-state index in [9.17, 15) is 4.39 Å². The first kappa shape index (κ1) is 9.71. The van der Waals surface area contributed by atoms with Gasteiger partial charge in [0.25, 0.3) is 0 Å². The van der Waals surface area contributed by atoms with E-state index in [1.54, 1.807) is 12.3 Å². The summed E-state index contributed by atoms with van der Waals surface area (Å²) in [6.45, 7) is 1.59. The van der Waals surface area contributed by atoms with E-state index in [1.807, 2.05) is 4.90 Å². The Bertz CT molecular complexity index is 311. The zero-order chi connectivity index (χ0) is 9.97. The third kappa shape index (κ3) is 1.98. The van der Waals surface area contributed by atoms with Crippen molar-refractivity contribution in [2.45, 2.75) is 18.2 Å². The van der Waals surface area contributed by atoms with Gasteiger partial charge >= 0.3 is 0 Å². The second-order valence-corrected chi connectivity index (χ2v) is 4.09. The predicted octanol–water partition coefficient (Wildman–Crippen LogP) is 2.43. The summed E-state index contributed by atoms with van der Waals surface area (Å²) in [4.78, 5) is 5.99. The zero-order valence-corrected chi connectivity index (χ0v) is 8.54. The number of anilines is 1. The van der Waals surface area contributed by atoms with Gasteiger partial charge in [0.1, 0.15) is 0 Å². The Morgan fingerprint density at radius 3 is 2.79 bits per heavy atom. The first-order valence-corrected chi connectivity index (χ1v) is 5.20. The molecule has 1 aliphatic heterocycles. The summed E-state index contributed by atoms with van der Waals surface area (Å²) >= 11 is 5.97. The molecule has 0 amide bonds. The topological polar surface area (TPSA) is 16.1 Å². The average Bonchev–Trinajstić information content (AvgIpc) is 2.20. The molecule has 2 nitrogen and oxygen atoms in total. The maximum atomic E-state index is 13.3. The second kappa shape index (κ2) is 4.13. The molecular weight excluding hydrogens is 203 g/mol. The van der Waals surface area contributed by atoms with Crippen LogP contribution in [-0.2, 0) is 0 Å². The Kier molecular flexibility index (Phi) is 2.87. The summed E-state index contributed by atoms with van der Waals surface area (Å²) < 4.78 is 13.3. The molecule has 2 heterocycles. The van der Waals surface area contributed by atoms with Gasteiger partial charge in [-0.1, -0.05) is 0 Å². The minimum absolute atomic E-state index is 0.234. The van der Waals surface area contributed by atoms with Crippen LogP contribution in [0.2, 0.25) is 0 Å². The summed E-state index contributed by atoms with van der Waals surface area (Å²) in [6.07, 6.45) is 3.42. The van der Waals surface area contributed by atoms with Crippen LogP contribution < -0.4 is 4.90 Å². The van der Waals surface area contributed by atoms with Gasteiger partial charge in [-0.3, -0.25) is 0 Å². The number of hydrogen-bond acceptors (Lipinski definition) is 2. The van der Waals surface area contributed by atoms with Crippen molar-refractivity contribution < 1.29 is 4.39 Å². The largest absolute Gasteiger partial charge is 0.354 e. The highest BCUT2D eigenvalue weighted by atomic mass is 35.5. The van der Waals surface area contributed by atoms with Crippen molar-refractivity contribution in [3.05, 3.63) is 24.1 Å². The Morgan fingerprint density at radius 1 is 1.43 bits per heavy atom. The van der Waals surface area contributed by atoms with Gasteiger partial charge in [0.15, 0.2) is 11.6 Å². The molecule has 1 aliphatic rings. The maximum absolute atomic E-state index is 13.3. The summed E-state index contributed by atoms with van der Waals surface area (Å²) in [6, 6.07) is 3.04. The van der Waals surface area contributed by atoms with Crippen LogP contribution in [0.5, 0.6) is 0 Å². The second-order valence-electron chi connectivity index (χ2n) is 3.47. The minimum atomic E-state index is -0.250. The van der Waals surface area contributed by atoms with Gasteiger partial charge < -0.3 is 4.90 Å². The molecule has 0 unspecified atom stereocenters. The third-order valence-electron chi connectivity index (χ3n) is 2.46. The highest BCUT2D eigenvalue weighted by Gasteiger charge is 2.20. The van der Waals surface area contributed by atoms with Gasteiger partial charge in [-0.05, 0) is 25.0 Å². The number of rotatable bonds is 1. The molecule has 0 spiro atoms. The Hall–Kier alpha value is -0.830. The first-order valence-electron chi connectivity index (χ1n) is 4.77. The number of piperidine rings is 1. The lowest BCUT2D eigenvalue weighted by molar-refractivity contribution is 0.554. The molecule has 4 heteroatoms. The van der Waals surface area contributed by atoms with Crippen LogP contribution in [0.4, 0.5) is 10.2 Å². The third-order valence-corrected chi connectivity index (χ3v) is 2.90. The Labute approximate surface area is 87.7 Å². The fourth-order valence-corrected chi connectivity index (χ4v) is 1.87. The molecule has 1 saturated heterocycles. The van der Waals surface area contributed by atoms with Gasteiger partial charge in [-0.25, -0.2) is 9.37 Å². The molecule has 1 aromatic heterocycles. The monoisotopic (exact) mass is 214 g/mol. The summed E-state index contributed by atoms with van der Waals surface area (Å²) in [5, 5.41) is 0.234. The van der Waals surface area contributed by atoms with Crippen molar-refractivity contribution in [3.63, 3.8) is 0 Å². The van der Waals surface area contributed by atoms with E-state index in [2.05, 4.69) is 4.98 Å². The number of halogens is 2. The van der Waals surface area contributed by atoms with Gasteiger partial charge in [0.2, 0.25) is 0 Å². The molecule has 0 aromatic carbocycles. The van der Waals surface area contributed by atoms with Crippen LogP contribution >= 0.6 is 11.6 Å². The van der Waals surface area contributed by atoms with E-state index in [-0.39, 0.29) is 11.2 Å². The normalized spacial score (nSPS) is 18.6. The molecular formula is C10H12ClFN2. The molecule has 0 N–H and O–H groups in total. The van der Waals surface area contributed by atoms with Crippen molar-refractivity contribution in [1.82, 2.24) is 4.98 Å². The van der Waals surface area contributed by atoms with Crippen molar-refractivity contribution in [1.29, 1.82) is 0 Å². The number of pyridine rings is 1. The first-order chi connectivity index (χ1) is 6.77. The molecule has 2 rings (SSSR count). The van der Waals surface area contributed by atoms with E-state index in [0.717, 1.165) is 25.9 Å². The van der Waals surface area contributed by atoms with Crippen LogP contribution in [0.3, 0.4) is 0 Å². The molecule has 0 saturated carbocycles. The molecule has 1 aromatic rings. The quantitative estimate of drug-likeness (QED) is 0.668. The van der Waals surface area contributed by atoms with Gasteiger partial charge in [-0.2, -0.15) is 0 Å². The number of alkyl halides is 1. The van der Waals surface area contributed by atoms with Crippen LogP contribution in [0, 0.1) is 5.82 Å². The zero-order valence-electron chi connectivity index (χ0n) is 7.79. The van der Waals surface area contributed by atoms with Crippen molar-refractivity contribution in [2.75, 3.05) is 18.0 Å². The van der Waals surface area contributed by atoms with E-state index in [0.29, 0.717) is 5.82 Å². The number of nitrogens with zero attached hydrogens (tertiary/aromatic N) is 2. The fourth-order valence-electron chi connectivity index (χ4n) is 1.67. The van der Waals surface area contributed by atoms with Crippen LogP contribution in [0.25, 0.3) is 0 Å². The minimum Gasteiger partial charge on any atom is -0.354 e. The van der Waals surface area contributed by atoms with E-state index in [1.165, 1.54) is 6.07 Å². The molecule has 0 radical (unpaired) electrons. The highest BCUT2D eigenvalue weighted by Crippen LogP contribution is 2.22. The standard InChI is InChI=1S/C10H12ClFN2/c11-8-3-6-14(7-4-8)10-9(12)2-1-5-13-10/h1-2,5,8H,3-4,6-7H2. The number of hydrogen-bond donors (Lipinski definition) is 0. The average molecular weight is 215 g/mol. The Balaban J connectivity index is 2.12. The van der Waals surface area contributed by atoms with Crippen molar-refractivity contribution in [3.8, 4) is 0 Å². The van der Waals surface area contributed by atoms with Crippen LogP contribution in [0.15, 0.2) is 18.3 Å². The lowest BCUT2D eigenvalue weighted by Gasteiger charge is -2.30. The lowest BCUT2D eigenvalue weighted by Crippen LogP contribution is -2.35. The van der Waals surface area contributed by atoms with Crippen molar-refractivity contribution >= 4 is 17.4 Å². The SMILES string of the molecule is Fc1cccnc1N1CCC(Cl)CC1. The van der Waals surface area contributed by atoms with Gasteiger partial charge in [-0.15, -0.1) is 11.6 Å². The summed E-state index contributed by atoms with van der Waals surface area (Å²) in [5.41, 5.74) is 0. The summed E-state index contributed by atoms with van der Waals surface area (Å²) in [5.74, 6) is 0.205. The van der Waals surface area contributed by atoms with E-state index in [4.69, 9.17) is 11.6 Å². The fraction of sp³-hybridized carbons (Fsp3) is 0.500. The summed E-state index contributed by atoms with van der Waals surface area (Å²) in [7, 11) is 0. The van der Waals surface area contributed by atoms with Crippen LogP contribution in [0.1, 0.15) is 12.8 Å². The van der Waals surface area contributed by atoms with Crippen molar-refractivity contribution in [2.24, 2.45) is 0 Å². The highest BCUT2D eigenvalue weighted by molar-refractivity contribution is 6.20. The van der Waals surface area contributed by atoms with Gasteiger partial charge in [0, 0.05) is 24.7 Å². The Morgan fingerprint density at radius 2 is 2.14 bits per heavy atom. The molecule has 0 aliphatic carbocycles. The van der Waals surface area contributed by atoms with Gasteiger partial charge in [0.05, 0.1) is 0 Å². The smallest absolute Gasteiger partial charge is 0.165 e. The maximum Gasteiger partial charge on any atom is 0.165 e. The lowest BCUT2D eigenvalue weighted by atomic mass is 10.1. The molecule has 14 heavy (non-hydrogen) atoms. The van der Waals surface area contributed by atoms with E-state index >= 15 is 0 Å². The number of aromatic nitrogens is 1. The predicted molar refractivity (Wildman–Crippen MR) is 55.3 cm³/mol. The van der Waals surface area contributed by atoms with Crippen LogP contribution in [-0.4, -0.2) is 23.5 Å². The molecule has 1 fully saturated rings. The molecule has 0 bridgehead atoms.